The van der Waals surface area contributed by atoms with E-state index in [9.17, 15) is 14.4 Å². The zero-order valence-corrected chi connectivity index (χ0v) is 21.2. The van der Waals surface area contributed by atoms with E-state index < -0.39 is 17.6 Å². The number of hydrogen-bond acceptors (Lipinski definition) is 6. The molecule has 1 aliphatic heterocycles. The summed E-state index contributed by atoms with van der Waals surface area (Å²) >= 11 is 0. The fourth-order valence-corrected chi connectivity index (χ4v) is 3.83. The predicted molar refractivity (Wildman–Crippen MR) is 137 cm³/mol. The van der Waals surface area contributed by atoms with Gasteiger partial charge in [0.25, 0.3) is 0 Å². The summed E-state index contributed by atoms with van der Waals surface area (Å²) < 4.78 is 5.35. The van der Waals surface area contributed by atoms with Crippen LogP contribution in [-0.2, 0) is 20.7 Å². The number of benzene rings is 2. The molecular weight excluding hydrogens is 444 g/mol. The number of carbonyl (C=O) groups excluding carboxylic acids is 3. The van der Waals surface area contributed by atoms with Crippen molar-refractivity contribution in [3.05, 3.63) is 59.7 Å². The molecule has 0 aliphatic carbocycles. The first kappa shape index (κ1) is 26.4. The van der Waals surface area contributed by atoms with Crippen LogP contribution in [0.5, 0.6) is 0 Å². The van der Waals surface area contributed by atoms with Gasteiger partial charge < -0.3 is 20.7 Å². The number of nitrogens with two attached hydrogens (primary N) is 1. The van der Waals surface area contributed by atoms with Gasteiger partial charge in [0.2, 0.25) is 11.8 Å². The van der Waals surface area contributed by atoms with Gasteiger partial charge in [-0.15, -0.1) is 0 Å². The number of piperazine rings is 1. The molecule has 0 saturated carbocycles. The minimum Gasteiger partial charge on any atom is -0.456 e. The van der Waals surface area contributed by atoms with Crippen LogP contribution >= 0.6 is 0 Å². The molecule has 3 N–H and O–H groups in total. The van der Waals surface area contributed by atoms with E-state index in [-0.39, 0.29) is 11.8 Å². The van der Waals surface area contributed by atoms with Crippen molar-refractivity contribution in [2.24, 2.45) is 5.73 Å². The van der Waals surface area contributed by atoms with Crippen LogP contribution in [0.4, 0.5) is 11.4 Å². The van der Waals surface area contributed by atoms with Crippen LogP contribution in [0.2, 0.25) is 0 Å². The smallest absolute Gasteiger partial charge is 0.338 e. The van der Waals surface area contributed by atoms with Crippen molar-refractivity contribution >= 4 is 29.2 Å². The lowest BCUT2D eigenvalue weighted by Crippen LogP contribution is -2.52. The van der Waals surface area contributed by atoms with Gasteiger partial charge in [0.05, 0.1) is 18.2 Å². The number of ether oxygens (including phenoxy) is 1. The summed E-state index contributed by atoms with van der Waals surface area (Å²) in [4.78, 5) is 41.2. The van der Waals surface area contributed by atoms with Crippen molar-refractivity contribution in [1.29, 1.82) is 0 Å². The minimum atomic E-state index is -0.748. The number of nitrogens with zero attached hydrogens (tertiary/aromatic N) is 2. The quantitative estimate of drug-likeness (QED) is 0.590. The lowest BCUT2D eigenvalue weighted by molar-refractivity contribution is -0.121. The van der Waals surface area contributed by atoms with Crippen molar-refractivity contribution < 1.29 is 19.1 Å². The number of esters is 1. The zero-order chi connectivity index (χ0) is 25.8. The second kappa shape index (κ2) is 11.0. The van der Waals surface area contributed by atoms with Crippen molar-refractivity contribution in [2.75, 3.05) is 29.9 Å². The highest BCUT2D eigenvalue weighted by atomic mass is 16.6. The standard InChI is InChI=1S/C27H36N4O4/c1-18(2)30-14-15-31(24(32)17-30)22-12-6-19(7-13-22)16-23(28)25(33)29-21-10-8-20(9-11-21)26(34)35-27(3,4)5/h6-13,18,23H,14-17,28H2,1-5H3,(H,29,33). The molecule has 1 atom stereocenters. The van der Waals surface area contributed by atoms with E-state index in [1.54, 1.807) is 29.2 Å². The molecule has 188 valence electrons. The molecule has 0 spiro atoms. The summed E-state index contributed by atoms with van der Waals surface area (Å²) in [7, 11) is 0. The summed E-state index contributed by atoms with van der Waals surface area (Å²) in [6.07, 6.45) is 0.358. The Hall–Kier alpha value is -3.23. The molecule has 1 saturated heterocycles. The van der Waals surface area contributed by atoms with Crippen molar-refractivity contribution in [2.45, 2.75) is 58.7 Å². The normalized spacial score (nSPS) is 15.7. The molecular formula is C27H36N4O4. The maximum Gasteiger partial charge on any atom is 0.338 e. The lowest BCUT2D eigenvalue weighted by Gasteiger charge is -2.36. The first-order chi connectivity index (χ1) is 16.4. The third-order valence-corrected chi connectivity index (χ3v) is 5.81. The number of nitrogens with one attached hydrogen (secondary N) is 1. The summed E-state index contributed by atoms with van der Waals surface area (Å²) in [5, 5.41) is 2.78. The molecule has 1 unspecified atom stereocenters. The molecule has 8 nitrogen and oxygen atoms in total. The van der Waals surface area contributed by atoms with Crippen LogP contribution in [0.15, 0.2) is 48.5 Å². The Labute approximate surface area is 207 Å². The zero-order valence-electron chi connectivity index (χ0n) is 21.2. The van der Waals surface area contributed by atoms with Gasteiger partial charge in [-0.1, -0.05) is 12.1 Å². The van der Waals surface area contributed by atoms with Gasteiger partial charge in [-0.05, 0) is 83.0 Å². The van der Waals surface area contributed by atoms with Crippen LogP contribution in [0, 0.1) is 0 Å². The molecule has 8 heteroatoms. The fraction of sp³-hybridized carbons (Fsp3) is 0.444. The average Bonchev–Trinajstić information content (AvgIpc) is 2.79. The third kappa shape index (κ3) is 7.37. The van der Waals surface area contributed by atoms with Crippen molar-refractivity contribution in [3.8, 4) is 0 Å². The van der Waals surface area contributed by atoms with Gasteiger partial charge >= 0.3 is 5.97 Å². The molecule has 0 bridgehead atoms. The van der Waals surface area contributed by atoms with E-state index in [1.807, 2.05) is 45.0 Å². The van der Waals surface area contributed by atoms with Crippen molar-refractivity contribution in [1.82, 2.24) is 4.90 Å². The van der Waals surface area contributed by atoms with Crippen LogP contribution in [-0.4, -0.2) is 60.0 Å². The molecule has 2 aromatic rings. The average molecular weight is 481 g/mol. The molecule has 2 amide bonds. The Morgan fingerprint density at radius 3 is 2.20 bits per heavy atom. The number of rotatable bonds is 7. The molecule has 0 radical (unpaired) electrons. The Kier molecular flexibility index (Phi) is 8.30. The molecule has 0 aromatic heterocycles. The summed E-state index contributed by atoms with van der Waals surface area (Å²) in [5.41, 5.74) is 8.28. The highest BCUT2D eigenvalue weighted by Crippen LogP contribution is 2.20. The molecule has 35 heavy (non-hydrogen) atoms. The Balaban J connectivity index is 1.53. The number of hydrogen-bond donors (Lipinski definition) is 2. The van der Waals surface area contributed by atoms with Gasteiger partial charge in [-0.3, -0.25) is 14.5 Å². The second-order valence-electron chi connectivity index (χ2n) is 10.2. The second-order valence-corrected chi connectivity index (χ2v) is 10.2. The Bertz CT molecular complexity index is 1040. The van der Waals surface area contributed by atoms with E-state index in [2.05, 4.69) is 24.1 Å². The Morgan fingerprint density at radius 2 is 1.66 bits per heavy atom. The summed E-state index contributed by atoms with van der Waals surface area (Å²) in [6, 6.07) is 13.7. The van der Waals surface area contributed by atoms with Crippen LogP contribution in [0.25, 0.3) is 0 Å². The number of carbonyl (C=O) groups is 3. The first-order valence-electron chi connectivity index (χ1n) is 12.0. The van der Waals surface area contributed by atoms with Crippen LogP contribution in [0.3, 0.4) is 0 Å². The van der Waals surface area contributed by atoms with E-state index in [0.29, 0.717) is 36.8 Å². The van der Waals surface area contributed by atoms with Gasteiger partial charge in [0.1, 0.15) is 5.60 Å². The topological polar surface area (TPSA) is 105 Å². The molecule has 3 rings (SSSR count). The van der Waals surface area contributed by atoms with Gasteiger partial charge in [-0.2, -0.15) is 0 Å². The van der Waals surface area contributed by atoms with E-state index in [1.165, 1.54) is 0 Å². The van der Waals surface area contributed by atoms with Gasteiger partial charge in [0, 0.05) is 30.5 Å². The van der Waals surface area contributed by atoms with Gasteiger partial charge in [0.15, 0.2) is 0 Å². The maximum absolute atomic E-state index is 12.6. The molecule has 1 fully saturated rings. The first-order valence-corrected chi connectivity index (χ1v) is 12.0. The van der Waals surface area contributed by atoms with Crippen LogP contribution in [0.1, 0.15) is 50.5 Å². The summed E-state index contributed by atoms with van der Waals surface area (Å²) in [6.45, 7) is 11.5. The molecule has 2 aromatic carbocycles. The highest BCUT2D eigenvalue weighted by Gasteiger charge is 2.26. The van der Waals surface area contributed by atoms with Gasteiger partial charge in [-0.25, -0.2) is 4.79 Å². The lowest BCUT2D eigenvalue weighted by atomic mass is 10.0. The van der Waals surface area contributed by atoms with E-state index >= 15 is 0 Å². The molecule has 1 aliphatic rings. The third-order valence-electron chi connectivity index (χ3n) is 5.81. The Morgan fingerprint density at radius 1 is 1.03 bits per heavy atom. The largest absolute Gasteiger partial charge is 0.456 e. The number of amides is 2. The summed E-state index contributed by atoms with van der Waals surface area (Å²) in [5.74, 6) is -0.649. The molecule has 1 heterocycles. The highest BCUT2D eigenvalue weighted by molar-refractivity contribution is 5.96. The van der Waals surface area contributed by atoms with E-state index in [0.717, 1.165) is 17.8 Å². The fourth-order valence-electron chi connectivity index (χ4n) is 3.83. The van der Waals surface area contributed by atoms with Crippen molar-refractivity contribution in [3.63, 3.8) is 0 Å². The maximum atomic E-state index is 12.6. The van der Waals surface area contributed by atoms with Crippen LogP contribution < -0.4 is 16.0 Å². The minimum absolute atomic E-state index is 0.0893. The SMILES string of the molecule is CC(C)N1CCN(c2ccc(CC(N)C(=O)Nc3ccc(C(=O)OC(C)(C)C)cc3)cc2)C(=O)C1. The number of anilines is 2. The monoisotopic (exact) mass is 480 g/mol. The predicted octanol–water partition coefficient (Wildman–Crippen LogP) is 3.21. The van der Waals surface area contributed by atoms with E-state index in [4.69, 9.17) is 10.5 Å².